The van der Waals surface area contributed by atoms with Gasteiger partial charge in [-0.2, -0.15) is 13.2 Å². The molecule has 0 fully saturated rings. The predicted molar refractivity (Wildman–Crippen MR) is 109 cm³/mol. The van der Waals surface area contributed by atoms with Crippen LogP contribution in [0.25, 0.3) is 5.57 Å². The van der Waals surface area contributed by atoms with Crippen molar-refractivity contribution in [2.24, 2.45) is 0 Å². The number of alkyl halides is 3. The molecule has 0 bridgehead atoms. The molecule has 0 saturated heterocycles. The molecule has 3 rings (SSSR count). The van der Waals surface area contributed by atoms with E-state index in [4.69, 9.17) is 5.11 Å². The normalized spacial score (nSPS) is 14.4. The van der Waals surface area contributed by atoms with Crippen LogP contribution in [0.5, 0.6) is 0 Å². The highest BCUT2D eigenvalue weighted by Gasteiger charge is 2.32. The van der Waals surface area contributed by atoms with Gasteiger partial charge in [-0.25, -0.2) is 9.18 Å². The van der Waals surface area contributed by atoms with Gasteiger partial charge in [-0.15, -0.1) is 0 Å². The Kier molecular flexibility index (Phi) is 6.94. The van der Waals surface area contributed by atoms with Crippen LogP contribution in [0.2, 0.25) is 0 Å². The van der Waals surface area contributed by atoms with Crippen LogP contribution in [0, 0.1) is 12.7 Å². The van der Waals surface area contributed by atoms with Gasteiger partial charge < -0.3 is 15.3 Å². The molecule has 166 valence electrons. The SMILES string of the molecule is Cc1cc(NC(=O)N2CC=C(c3ncc(CCCO)cc3F)CC2)ccc1C(F)(F)F. The molecule has 9 heteroatoms. The van der Waals surface area contributed by atoms with Crippen molar-refractivity contribution in [2.75, 3.05) is 25.0 Å². The molecule has 2 heterocycles. The third-order valence-corrected chi connectivity index (χ3v) is 5.10. The number of aryl methyl sites for hydroxylation is 2. The van der Waals surface area contributed by atoms with Crippen LogP contribution < -0.4 is 5.32 Å². The second-order valence-electron chi connectivity index (χ2n) is 7.38. The minimum atomic E-state index is -4.44. The second-order valence-corrected chi connectivity index (χ2v) is 7.38. The van der Waals surface area contributed by atoms with Crippen LogP contribution in [-0.4, -0.2) is 40.7 Å². The van der Waals surface area contributed by atoms with E-state index in [1.165, 1.54) is 30.0 Å². The van der Waals surface area contributed by atoms with Crippen LogP contribution in [0.3, 0.4) is 0 Å². The maximum absolute atomic E-state index is 14.4. The van der Waals surface area contributed by atoms with Crippen molar-refractivity contribution in [1.82, 2.24) is 9.88 Å². The lowest BCUT2D eigenvalue weighted by Crippen LogP contribution is -2.38. The number of rotatable bonds is 5. The van der Waals surface area contributed by atoms with E-state index in [2.05, 4.69) is 10.3 Å². The number of aromatic nitrogens is 1. The van der Waals surface area contributed by atoms with E-state index in [1.54, 1.807) is 12.3 Å². The Morgan fingerprint density at radius 3 is 2.65 bits per heavy atom. The van der Waals surface area contributed by atoms with Crippen LogP contribution in [0.1, 0.15) is 35.2 Å². The highest BCUT2D eigenvalue weighted by atomic mass is 19.4. The molecule has 0 radical (unpaired) electrons. The van der Waals surface area contributed by atoms with Crippen LogP contribution in [-0.2, 0) is 12.6 Å². The van der Waals surface area contributed by atoms with Gasteiger partial charge in [0.25, 0.3) is 0 Å². The van der Waals surface area contributed by atoms with Gasteiger partial charge in [-0.05, 0) is 67.2 Å². The molecule has 2 N–H and O–H groups in total. The second kappa shape index (κ2) is 9.47. The van der Waals surface area contributed by atoms with E-state index in [9.17, 15) is 22.4 Å². The van der Waals surface area contributed by atoms with Crippen LogP contribution >= 0.6 is 0 Å². The van der Waals surface area contributed by atoms with E-state index >= 15 is 0 Å². The Balaban J connectivity index is 1.63. The maximum Gasteiger partial charge on any atom is 0.416 e. The number of nitrogens with zero attached hydrogens (tertiary/aromatic N) is 2. The fourth-order valence-corrected chi connectivity index (χ4v) is 3.46. The Bertz CT molecular complexity index is 989. The van der Waals surface area contributed by atoms with Gasteiger partial charge in [-0.1, -0.05) is 6.08 Å². The summed E-state index contributed by atoms with van der Waals surface area (Å²) in [6.45, 7) is 1.92. The number of pyridine rings is 1. The highest BCUT2D eigenvalue weighted by Crippen LogP contribution is 2.33. The molecule has 1 aromatic heterocycles. The number of aliphatic hydroxyl groups excluding tert-OH is 1. The van der Waals surface area contributed by atoms with Crippen molar-refractivity contribution in [1.29, 1.82) is 0 Å². The number of nitrogens with one attached hydrogen (secondary N) is 1. The molecule has 0 saturated carbocycles. The Hall–Kier alpha value is -2.94. The molecule has 5 nitrogen and oxygen atoms in total. The van der Waals surface area contributed by atoms with Crippen molar-refractivity contribution in [2.45, 2.75) is 32.4 Å². The number of benzene rings is 1. The number of carbonyl (C=O) groups is 1. The summed E-state index contributed by atoms with van der Waals surface area (Å²) < 4.78 is 53.0. The summed E-state index contributed by atoms with van der Waals surface area (Å²) in [6.07, 6.45) is 0.337. The summed E-state index contributed by atoms with van der Waals surface area (Å²) >= 11 is 0. The van der Waals surface area contributed by atoms with Crippen LogP contribution in [0.4, 0.5) is 28.0 Å². The van der Waals surface area contributed by atoms with Gasteiger partial charge in [0.05, 0.1) is 5.56 Å². The molecule has 0 aliphatic carbocycles. The molecule has 1 aromatic carbocycles. The molecule has 2 amide bonds. The topological polar surface area (TPSA) is 65.5 Å². The van der Waals surface area contributed by atoms with Gasteiger partial charge in [0.2, 0.25) is 0 Å². The van der Waals surface area contributed by atoms with Crippen LogP contribution in [0.15, 0.2) is 36.5 Å². The third kappa shape index (κ3) is 5.61. The predicted octanol–water partition coefficient (Wildman–Crippen LogP) is 4.79. The van der Waals surface area contributed by atoms with E-state index in [1.807, 2.05) is 0 Å². The van der Waals surface area contributed by atoms with Gasteiger partial charge in [0.15, 0.2) is 0 Å². The monoisotopic (exact) mass is 437 g/mol. The molecular formula is C22H23F4N3O2. The fraction of sp³-hybridized carbons (Fsp3) is 0.364. The summed E-state index contributed by atoms with van der Waals surface area (Å²) in [5.74, 6) is -0.445. The number of hydrogen-bond acceptors (Lipinski definition) is 3. The first kappa shape index (κ1) is 22.7. The van der Waals surface area contributed by atoms with E-state index in [0.29, 0.717) is 36.9 Å². The number of aliphatic hydroxyl groups is 1. The number of amides is 2. The molecule has 1 aliphatic heterocycles. The summed E-state index contributed by atoms with van der Waals surface area (Å²) in [7, 11) is 0. The number of hydrogen-bond donors (Lipinski definition) is 2. The van der Waals surface area contributed by atoms with Gasteiger partial charge in [0, 0.05) is 31.6 Å². The highest BCUT2D eigenvalue weighted by molar-refractivity contribution is 5.90. The van der Waals surface area contributed by atoms with E-state index in [0.717, 1.165) is 6.07 Å². The lowest BCUT2D eigenvalue weighted by atomic mass is 10.0. The standard InChI is InChI=1S/C22H23F4N3O2/c1-14-11-17(4-5-18(14)22(24,25)26)28-21(31)29-8-6-16(7-9-29)20-19(23)12-15(13-27-20)3-2-10-30/h4-6,11-13,30H,2-3,7-10H2,1H3,(H,28,31). The van der Waals surface area contributed by atoms with Gasteiger partial charge in [-0.3, -0.25) is 4.98 Å². The molecule has 2 aromatic rings. The fourth-order valence-electron chi connectivity index (χ4n) is 3.46. The molecule has 1 aliphatic rings. The van der Waals surface area contributed by atoms with E-state index < -0.39 is 23.6 Å². The summed E-state index contributed by atoms with van der Waals surface area (Å²) in [4.78, 5) is 18.2. The Morgan fingerprint density at radius 1 is 1.29 bits per heavy atom. The lowest BCUT2D eigenvalue weighted by Gasteiger charge is -2.27. The summed E-state index contributed by atoms with van der Waals surface area (Å²) in [5, 5.41) is 11.5. The van der Waals surface area contributed by atoms with Crippen molar-refractivity contribution >= 4 is 17.3 Å². The van der Waals surface area contributed by atoms with Crippen molar-refractivity contribution < 1.29 is 27.5 Å². The summed E-state index contributed by atoms with van der Waals surface area (Å²) in [5.41, 5.74) is 1.20. The number of urea groups is 1. The minimum absolute atomic E-state index is 0.0233. The largest absolute Gasteiger partial charge is 0.416 e. The average Bonchev–Trinajstić information content (AvgIpc) is 2.71. The first-order chi connectivity index (χ1) is 14.7. The smallest absolute Gasteiger partial charge is 0.396 e. The first-order valence-electron chi connectivity index (χ1n) is 9.87. The maximum atomic E-state index is 14.4. The van der Waals surface area contributed by atoms with Crippen molar-refractivity contribution in [3.63, 3.8) is 0 Å². The van der Waals surface area contributed by atoms with Crippen molar-refractivity contribution in [3.8, 4) is 0 Å². The number of anilines is 1. The lowest BCUT2D eigenvalue weighted by molar-refractivity contribution is -0.138. The molecular weight excluding hydrogens is 414 g/mol. The number of halogens is 4. The summed E-state index contributed by atoms with van der Waals surface area (Å²) in [6, 6.07) is 4.41. The first-order valence-corrected chi connectivity index (χ1v) is 9.87. The van der Waals surface area contributed by atoms with Crippen molar-refractivity contribution in [3.05, 3.63) is 64.7 Å². The van der Waals surface area contributed by atoms with E-state index in [-0.39, 0.29) is 30.1 Å². The Morgan fingerprint density at radius 2 is 2.06 bits per heavy atom. The zero-order valence-corrected chi connectivity index (χ0v) is 17.0. The van der Waals surface area contributed by atoms with Gasteiger partial charge in [0.1, 0.15) is 11.5 Å². The molecule has 31 heavy (non-hydrogen) atoms. The Labute approximate surface area is 177 Å². The van der Waals surface area contributed by atoms with Gasteiger partial charge >= 0.3 is 12.2 Å². The zero-order chi connectivity index (χ0) is 22.6. The molecule has 0 unspecified atom stereocenters. The molecule has 0 atom stereocenters. The quantitative estimate of drug-likeness (QED) is 0.661. The minimum Gasteiger partial charge on any atom is -0.396 e. The average molecular weight is 437 g/mol. The zero-order valence-electron chi connectivity index (χ0n) is 17.0. The number of carbonyl (C=O) groups excluding carboxylic acids is 1. The third-order valence-electron chi connectivity index (χ3n) is 5.10. The molecule has 0 spiro atoms.